The number of hydrogen-bond donors (Lipinski definition) is 1. The van der Waals surface area contributed by atoms with E-state index in [0.29, 0.717) is 13.0 Å². The zero-order chi connectivity index (χ0) is 28.3. The Morgan fingerprint density at radius 3 is 2.03 bits per heavy atom. The molecule has 1 N–H and O–H groups in total. The van der Waals surface area contributed by atoms with Crippen LogP contribution in [-0.2, 0) is 23.7 Å². The molecule has 0 heterocycles. The van der Waals surface area contributed by atoms with Crippen LogP contribution in [0.4, 0.5) is 0 Å². The fourth-order valence-corrected chi connectivity index (χ4v) is 3.78. The second-order valence-electron chi connectivity index (χ2n) is 10.3. The molecular weight excluding hydrogens is 482 g/mol. The van der Waals surface area contributed by atoms with Crippen molar-refractivity contribution < 1.29 is 28.8 Å². The predicted molar refractivity (Wildman–Crippen MR) is 156 cm³/mol. The topological polar surface area (TPSA) is 77.5 Å². The van der Waals surface area contributed by atoms with Gasteiger partial charge in [-0.2, -0.15) is 0 Å². The van der Waals surface area contributed by atoms with Crippen LogP contribution in [0.2, 0.25) is 0 Å². The highest BCUT2D eigenvalue weighted by molar-refractivity contribution is 5.69. The molecule has 0 aliphatic rings. The quantitative estimate of drug-likeness (QED) is 0.0531. The molecule has 0 aromatic rings. The van der Waals surface area contributed by atoms with E-state index in [1.54, 1.807) is 0 Å². The van der Waals surface area contributed by atoms with E-state index in [-0.39, 0.29) is 19.2 Å². The van der Waals surface area contributed by atoms with Crippen LogP contribution in [0.1, 0.15) is 111 Å². The molecule has 224 valence electrons. The Morgan fingerprint density at radius 1 is 0.789 bits per heavy atom. The van der Waals surface area contributed by atoms with Crippen LogP contribution in [0, 0.1) is 0 Å². The first-order chi connectivity index (χ1) is 18.3. The summed E-state index contributed by atoms with van der Waals surface area (Å²) in [5, 5.41) is 9.39. The number of nitrogens with zero attached hydrogens (tertiary/aromatic N) is 1. The number of carbonyl (C=O) groups excluding carboxylic acids is 1. The van der Waals surface area contributed by atoms with E-state index in [2.05, 4.69) is 31.2 Å². The molecule has 0 aromatic heterocycles. The standard InChI is InChI=1S/C31H59NO6/c1-6-7-8-9-10-11-12-13-14-15-16-17-18-19-20-21-25-35-29(3)37-27-30(26-36-28(2)33)38-31(34)23-22-24-32(4)5/h10-11,13-14,28-30,33H,6-9,12,15-27H2,1-5H3/b11-10-,14-13-. The van der Waals surface area contributed by atoms with Crippen LogP contribution < -0.4 is 0 Å². The SMILES string of the molecule is CCCCC/C=C\C/C=C\CCCCCCCCOC(C)OCC(COC(C)O)OC(=O)CCCN(C)C. The number of aliphatic hydroxyl groups excluding tert-OH is 1. The minimum absolute atomic E-state index is 0.0791. The number of esters is 1. The van der Waals surface area contributed by atoms with Crippen LogP contribution in [0.25, 0.3) is 0 Å². The van der Waals surface area contributed by atoms with Gasteiger partial charge in [-0.25, -0.2) is 0 Å². The fraction of sp³-hybridized carbons (Fsp3) is 0.839. The normalized spacial score (nSPS) is 14.5. The van der Waals surface area contributed by atoms with Crippen LogP contribution in [-0.4, -0.2) is 75.1 Å². The van der Waals surface area contributed by atoms with Gasteiger partial charge in [-0.15, -0.1) is 0 Å². The molecule has 0 rings (SSSR count). The Bertz CT molecular complexity index is 579. The molecule has 0 radical (unpaired) electrons. The highest BCUT2D eigenvalue weighted by atomic mass is 16.7. The number of allylic oxidation sites excluding steroid dienone is 4. The van der Waals surface area contributed by atoms with Crippen molar-refractivity contribution in [3.8, 4) is 0 Å². The van der Waals surface area contributed by atoms with Crippen molar-refractivity contribution in [2.24, 2.45) is 0 Å². The van der Waals surface area contributed by atoms with E-state index in [1.165, 1.54) is 64.7 Å². The summed E-state index contributed by atoms with van der Waals surface area (Å²) >= 11 is 0. The molecule has 3 atom stereocenters. The maximum absolute atomic E-state index is 12.1. The Labute approximate surface area is 233 Å². The maximum Gasteiger partial charge on any atom is 0.306 e. The highest BCUT2D eigenvalue weighted by Gasteiger charge is 2.18. The third kappa shape index (κ3) is 27.8. The molecule has 0 aromatic carbocycles. The molecule has 0 saturated carbocycles. The molecule has 0 fully saturated rings. The van der Waals surface area contributed by atoms with Gasteiger partial charge >= 0.3 is 5.97 Å². The molecule has 0 saturated heterocycles. The zero-order valence-corrected chi connectivity index (χ0v) is 25.2. The Morgan fingerprint density at radius 2 is 1.39 bits per heavy atom. The van der Waals surface area contributed by atoms with E-state index in [9.17, 15) is 9.90 Å². The first kappa shape index (κ1) is 36.8. The van der Waals surface area contributed by atoms with E-state index in [1.807, 2.05) is 25.9 Å². The van der Waals surface area contributed by atoms with Gasteiger partial charge < -0.3 is 29.0 Å². The third-order valence-electron chi connectivity index (χ3n) is 6.02. The Hall–Kier alpha value is -1.25. The molecule has 7 heteroatoms. The number of ether oxygens (including phenoxy) is 4. The van der Waals surface area contributed by atoms with Crippen molar-refractivity contribution in [1.29, 1.82) is 0 Å². The van der Waals surface area contributed by atoms with E-state index in [4.69, 9.17) is 18.9 Å². The molecule has 0 aliphatic carbocycles. The zero-order valence-electron chi connectivity index (χ0n) is 25.2. The average Bonchev–Trinajstić information content (AvgIpc) is 2.87. The first-order valence-electron chi connectivity index (χ1n) is 15.0. The van der Waals surface area contributed by atoms with Gasteiger partial charge in [-0.3, -0.25) is 4.79 Å². The number of carbonyl (C=O) groups is 1. The molecule has 7 nitrogen and oxygen atoms in total. The van der Waals surface area contributed by atoms with Gasteiger partial charge in [-0.1, -0.05) is 69.8 Å². The lowest BCUT2D eigenvalue weighted by Gasteiger charge is -2.22. The van der Waals surface area contributed by atoms with Gasteiger partial charge in [-0.05, 0) is 79.4 Å². The van der Waals surface area contributed by atoms with Gasteiger partial charge in [0.25, 0.3) is 0 Å². The fourth-order valence-electron chi connectivity index (χ4n) is 3.78. The van der Waals surface area contributed by atoms with Gasteiger partial charge in [0.2, 0.25) is 0 Å². The lowest BCUT2D eigenvalue weighted by Crippen LogP contribution is -2.32. The largest absolute Gasteiger partial charge is 0.457 e. The summed E-state index contributed by atoms with van der Waals surface area (Å²) in [4.78, 5) is 14.1. The summed E-state index contributed by atoms with van der Waals surface area (Å²) in [5.74, 6) is -0.287. The molecular formula is C31H59NO6. The summed E-state index contributed by atoms with van der Waals surface area (Å²) in [6, 6.07) is 0. The maximum atomic E-state index is 12.1. The van der Waals surface area contributed by atoms with Crippen molar-refractivity contribution in [3.63, 3.8) is 0 Å². The Balaban J connectivity index is 3.80. The summed E-state index contributed by atoms with van der Waals surface area (Å²) in [6.45, 7) is 7.33. The molecule has 0 bridgehead atoms. The van der Waals surface area contributed by atoms with E-state index in [0.717, 1.165) is 32.2 Å². The Kier molecular flexibility index (Phi) is 26.4. The molecule has 3 unspecified atom stereocenters. The van der Waals surface area contributed by atoms with Crippen LogP contribution in [0.3, 0.4) is 0 Å². The van der Waals surface area contributed by atoms with Crippen molar-refractivity contribution in [1.82, 2.24) is 4.90 Å². The smallest absolute Gasteiger partial charge is 0.306 e. The van der Waals surface area contributed by atoms with Crippen molar-refractivity contribution in [3.05, 3.63) is 24.3 Å². The molecule has 38 heavy (non-hydrogen) atoms. The van der Waals surface area contributed by atoms with Gasteiger partial charge in [0.05, 0.1) is 13.2 Å². The second-order valence-corrected chi connectivity index (χ2v) is 10.3. The summed E-state index contributed by atoms with van der Waals surface area (Å²) in [6.07, 6.45) is 23.0. The predicted octanol–water partition coefficient (Wildman–Crippen LogP) is 6.79. The minimum Gasteiger partial charge on any atom is -0.457 e. The average molecular weight is 542 g/mol. The monoisotopic (exact) mass is 541 g/mol. The van der Waals surface area contributed by atoms with Crippen LogP contribution in [0.15, 0.2) is 24.3 Å². The molecule has 0 aliphatic heterocycles. The minimum atomic E-state index is -0.928. The third-order valence-corrected chi connectivity index (χ3v) is 6.02. The van der Waals surface area contributed by atoms with Gasteiger partial charge in [0.1, 0.15) is 6.10 Å². The lowest BCUT2D eigenvalue weighted by atomic mass is 10.1. The van der Waals surface area contributed by atoms with Crippen molar-refractivity contribution in [2.45, 2.75) is 129 Å². The van der Waals surface area contributed by atoms with Crippen molar-refractivity contribution >= 4 is 5.97 Å². The molecule has 0 spiro atoms. The van der Waals surface area contributed by atoms with Gasteiger partial charge in [0, 0.05) is 13.0 Å². The summed E-state index contributed by atoms with van der Waals surface area (Å²) in [7, 11) is 3.94. The number of aliphatic hydroxyl groups is 1. The summed E-state index contributed by atoms with van der Waals surface area (Å²) < 4.78 is 22.2. The van der Waals surface area contributed by atoms with Crippen LogP contribution in [0.5, 0.6) is 0 Å². The second kappa shape index (κ2) is 27.3. The first-order valence-corrected chi connectivity index (χ1v) is 15.0. The highest BCUT2D eigenvalue weighted by Crippen LogP contribution is 2.10. The van der Waals surface area contributed by atoms with E-state index >= 15 is 0 Å². The number of hydrogen-bond acceptors (Lipinski definition) is 7. The van der Waals surface area contributed by atoms with Gasteiger partial charge in [0.15, 0.2) is 12.6 Å². The van der Waals surface area contributed by atoms with E-state index < -0.39 is 18.7 Å². The lowest BCUT2D eigenvalue weighted by molar-refractivity contribution is -0.184. The summed E-state index contributed by atoms with van der Waals surface area (Å²) in [5.41, 5.74) is 0. The van der Waals surface area contributed by atoms with Crippen molar-refractivity contribution in [2.75, 3.05) is 40.5 Å². The van der Waals surface area contributed by atoms with Crippen LogP contribution >= 0.6 is 0 Å². The molecule has 0 amide bonds. The number of rotatable bonds is 27. The number of unbranched alkanes of at least 4 members (excludes halogenated alkanes) is 9.